The number of thiophene rings is 1. The van der Waals surface area contributed by atoms with Gasteiger partial charge in [0.05, 0.1) is 16.2 Å². The lowest BCUT2D eigenvalue weighted by Gasteiger charge is -2.33. The van der Waals surface area contributed by atoms with Crippen molar-refractivity contribution < 1.29 is 23.7 Å². The molecule has 9 heteroatoms. The van der Waals surface area contributed by atoms with E-state index in [9.17, 15) is 19.1 Å². The summed E-state index contributed by atoms with van der Waals surface area (Å²) in [6.45, 7) is 5.56. The van der Waals surface area contributed by atoms with E-state index >= 15 is 0 Å². The predicted molar refractivity (Wildman–Crippen MR) is 122 cm³/mol. The molecule has 1 amide bonds. The van der Waals surface area contributed by atoms with E-state index in [0.29, 0.717) is 36.3 Å². The molecule has 0 spiro atoms. The predicted octanol–water partition coefficient (Wildman–Crippen LogP) is 5.48. The number of benzene rings is 1. The van der Waals surface area contributed by atoms with Gasteiger partial charge in [-0.1, -0.05) is 31.1 Å². The van der Waals surface area contributed by atoms with Crippen LogP contribution in [0.15, 0.2) is 46.4 Å². The number of carbonyl (C=O) groups is 1. The lowest BCUT2D eigenvalue weighted by atomic mass is 9.92. The first-order chi connectivity index (χ1) is 14.7. The van der Waals surface area contributed by atoms with Crippen molar-refractivity contribution in [2.75, 3.05) is 5.32 Å². The standard InChI is InChI=1S/C22H27N2O5PS/c1-4-22(5-2,30(26,27)28)17-7-9-18(10-8-17)24-20(25)11-6-16-13-23-29-21(16)19-12-15(3)14-31-19/h7-10,12-14H,4-6,11H2,1-3H3,(H,24,25)(H2,26,27,28). The summed E-state index contributed by atoms with van der Waals surface area (Å²) in [5.41, 5.74) is 3.19. The Balaban J connectivity index is 1.65. The summed E-state index contributed by atoms with van der Waals surface area (Å²) in [6, 6.07) is 8.75. The van der Waals surface area contributed by atoms with Gasteiger partial charge in [-0.25, -0.2) is 0 Å². The lowest BCUT2D eigenvalue weighted by Crippen LogP contribution is -2.24. The Morgan fingerprint density at radius 1 is 1.23 bits per heavy atom. The summed E-state index contributed by atoms with van der Waals surface area (Å²) >= 11 is 1.58. The van der Waals surface area contributed by atoms with Crippen LogP contribution in [0.1, 0.15) is 49.8 Å². The minimum absolute atomic E-state index is 0.158. The Hall–Kier alpha value is -2.25. The topological polar surface area (TPSA) is 113 Å². The SMILES string of the molecule is CCC(CC)(c1ccc(NC(=O)CCc2cnoc2-c2cc(C)cs2)cc1)P(=O)(O)O. The Kier molecular flexibility index (Phi) is 7.17. The Morgan fingerprint density at radius 2 is 1.90 bits per heavy atom. The zero-order valence-electron chi connectivity index (χ0n) is 17.8. The van der Waals surface area contributed by atoms with E-state index in [1.807, 2.05) is 18.4 Å². The molecule has 3 rings (SSSR count). The highest BCUT2D eigenvalue weighted by molar-refractivity contribution is 7.53. The summed E-state index contributed by atoms with van der Waals surface area (Å²) in [4.78, 5) is 33.2. The summed E-state index contributed by atoms with van der Waals surface area (Å²) in [6.07, 6.45) is 3.04. The van der Waals surface area contributed by atoms with E-state index in [1.54, 1.807) is 55.6 Å². The third-order valence-electron chi connectivity index (χ3n) is 5.65. The van der Waals surface area contributed by atoms with Crippen molar-refractivity contribution in [2.45, 2.75) is 51.6 Å². The number of aryl methyl sites for hydroxylation is 2. The molecule has 3 aromatic rings. The first-order valence-electron chi connectivity index (χ1n) is 10.1. The van der Waals surface area contributed by atoms with Crippen LogP contribution in [0.3, 0.4) is 0 Å². The normalized spacial score (nSPS) is 12.2. The minimum atomic E-state index is -4.34. The monoisotopic (exact) mass is 462 g/mol. The molecule has 0 aliphatic heterocycles. The molecule has 0 unspecified atom stereocenters. The second-order valence-electron chi connectivity index (χ2n) is 7.58. The fraction of sp³-hybridized carbons (Fsp3) is 0.364. The maximum atomic E-state index is 12.4. The largest absolute Gasteiger partial charge is 0.355 e. The summed E-state index contributed by atoms with van der Waals surface area (Å²) in [5.74, 6) is 0.539. The van der Waals surface area contributed by atoms with E-state index in [0.717, 1.165) is 16.0 Å². The van der Waals surface area contributed by atoms with Crippen LogP contribution in [0, 0.1) is 6.92 Å². The van der Waals surface area contributed by atoms with Gasteiger partial charge in [-0.15, -0.1) is 11.3 Å². The molecule has 3 N–H and O–H groups in total. The molecule has 0 atom stereocenters. The number of anilines is 1. The summed E-state index contributed by atoms with van der Waals surface area (Å²) in [5, 5.41) is 7.54. The molecule has 166 valence electrons. The molecular formula is C22H27N2O5PS. The average molecular weight is 463 g/mol. The third kappa shape index (κ3) is 4.99. The van der Waals surface area contributed by atoms with Gasteiger partial charge in [-0.3, -0.25) is 9.36 Å². The fourth-order valence-electron chi connectivity index (χ4n) is 3.77. The number of rotatable bonds is 9. The van der Waals surface area contributed by atoms with Crippen LogP contribution in [0.2, 0.25) is 0 Å². The van der Waals surface area contributed by atoms with Gasteiger partial charge in [0.1, 0.15) is 0 Å². The van der Waals surface area contributed by atoms with Gasteiger partial charge in [0.25, 0.3) is 0 Å². The van der Waals surface area contributed by atoms with E-state index < -0.39 is 12.8 Å². The summed E-state index contributed by atoms with van der Waals surface area (Å²) in [7, 11) is -4.34. The van der Waals surface area contributed by atoms with Crippen LogP contribution in [0.25, 0.3) is 10.6 Å². The van der Waals surface area contributed by atoms with Crippen molar-refractivity contribution in [3.63, 3.8) is 0 Å². The van der Waals surface area contributed by atoms with Crippen molar-refractivity contribution in [2.24, 2.45) is 0 Å². The van der Waals surface area contributed by atoms with Gasteiger partial charge < -0.3 is 19.6 Å². The number of nitrogens with zero attached hydrogens (tertiary/aromatic N) is 1. The lowest BCUT2D eigenvalue weighted by molar-refractivity contribution is -0.116. The van der Waals surface area contributed by atoms with Crippen LogP contribution in [0.4, 0.5) is 5.69 Å². The minimum Gasteiger partial charge on any atom is -0.355 e. The zero-order valence-corrected chi connectivity index (χ0v) is 19.5. The molecule has 0 aliphatic rings. The molecule has 31 heavy (non-hydrogen) atoms. The molecule has 0 aliphatic carbocycles. The zero-order chi connectivity index (χ0) is 22.6. The highest BCUT2D eigenvalue weighted by Gasteiger charge is 2.45. The molecule has 2 heterocycles. The van der Waals surface area contributed by atoms with Crippen LogP contribution in [-0.2, 0) is 20.9 Å². The number of hydrogen-bond acceptors (Lipinski definition) is 5. The van der Waals surface area contributed by atoms with E-state index in [1.165, 1.54) is 0 Å². The first kappa shape index (κ1) is 23.4. The molecule has 1 aromatic carbocycles. The van der Waals surface area contributed by atoms with E-state index in [-0.39, 0.29) is 12.3 Å². The van der Waals surface area contributed by atoms with Gasteiger partial charge in [-0.05, 0) is 60.9 Å². The third-order valence-corrected chi connectivity index (χ3v) is 8.71. The van der Waals surface area contributed by atoms with Crippen molar-refractivity contribution in [3.05, 3.63) is 58.6 Å². The average Bonchev–Trinajstić information content (AvgIpc) is 3.36. The smallest absolute Gasteiger partial charge is 0.335 e. The van der Waals surface area contributed by atoms with Crippen LogP contribution < -0.4 is 5.32 Å². The second kappa shape index (κ2) is 9.49. The number of nitrogens with one attached hydrogen (secondary N) is 1. The molecule has 0 saturated heterocycles. The van der Waals surface area contributed by atoms with Gasteiger partial charge in [-0.2, -0.15) is 0 Å². The van der Waals surface area contributed by atoms with Gasteiger partial charge >= 0.3 is 7.60 Å². The molecular weight excluding hydrogens is 435 g/mol. The van der Waals surface area contributed by atoms with Crippen LogP contribution in [-0.4, -0.2) is 20.9 Å². The molecule has 0 radical (unpaired) electrons. The van der Waals surface area contributed by atoms with Gasteiger partial charge in [0, 0.05) is 17.7 Å². The quantitative estimate of drug-likeness (QED) is 0.363. The van der Waals surface area contributed by atoms with E-state index in [2.05, 4.69) is 10.5 Å². The highest BCUT2D eigenvalue weighted by Crippen LogP contribution is 2.60. The Morgan fingerprint density at radius 3 is 2.45 bits per heavy atom. The molecule has 7 nitrogen and oxygen atoms in total. The number of carbonyl (C=O) groups excluding carboxylic acids is 1. The summed E-state index contributed by atoms with van der Waals surface area (Å²) < 4.78 is 17.5. The molecule has 0 saturated carbocycles. The second-order valence-corrected chi connectivity index (χ2v) is 10.4. The van der Waals surface area contributed by atoms with Gasteiger partial charge in [0.2, 0.25) is 5.91 Å². The maximum absolute atomic E-state index is 12.4. The highest BCUT2D eigenvalue weighted by atomic mass is 32.1. The van der Waals surface area contributed by atoms with Gasteiger partial charge in [0.15, 0.2) is 5.76 Å². The molecule has 2 aromatic heterocycles. The number of amides is 1. The first-order valence-corrected chi connectivity index (χ1v) is 12.6. The van der Waals surface area contributed by atoms with Crippen LogP contribution >= 0.6 is 18.9 Å². The number of hydrogen-bond donors (Lipinski definition) is 3. The van der Waals surface area contributed by atoms with Crippen molar-refractivity contribution in [1.82, 2.24) is 5.16 Å². The van der Waals surface area contributed by atoms with Crippen molar-refractivity contribution in [3.8, 4) is 10.6 Å². The Labute approximate surface area is 185 Å². The Bertz CT molecular complexity index is 1080. The van der Waals surface area contributed by atoms with Crippen molar-refractivity contribution in [1.29, 1.82) is 0 Å². The van der Waals surface area contributed by atoms with Crippen molar-refractivity contribution >= 4 is 30.5 Å². The maximum Gasteiger partial charge on any atom is 0.335 e. The molecule has 0 fully saturated rings. The number of aromatic nitrogens is 1. The van der Waals surface area contributed by atoms with E-state index in [4.69, 9.17) is 4.52 Å². The fourth-order valence-corrected chi connectivity index (χ4v) is 5.98. The molecule has 0 bridgehead atoms. The van der Waals surface area contributed by atoms with Crippen LogP contribution in [0.5, 0.6) is 0 Å².